The Morgan fingerprint density at radius 3 is 2.26 bits per heavy atom. The van der Waals surface area contributed by atoms with Crippen molar-refractivity contribution in [2.75, 3.05) is 24.7 Å². The lowest BCUT2D eigenvalue weighted by atomic mass is 9.83. The van der Waals surface area contributed by atoms with E-state index in [0.717, 1.165) is 25.7 Å². The Morgan fingerprint density at radius 2 is 1.65 bits per heavy atom. The number of ether oxygens (including phenoxy) is 2. The standard InChI is InChI=1S/C23H25ClFNO5/c24-20-11-10-19(12-21(20)25)26(18-4-2-1-3-5-18)23(29)31-14-17-8-6-16(7-9-17)13-30-15-22(27)28/h1-5,10-12,16-17H,6-9,13-15H2,(H,27,28). The topological polar surface area (TPSA) is 76.1 Å². The van der Waals surface area contributed by atoms with Crippen molar-refractivity contribution in [1.29, 1.82) is 0 Å². The third-order valence-corrected chi connectivity index (χ3v) is 5.65. The summed E-state index contributed by atoms with van der Waals surface area (Å²) in [5, 5.41) is 8.62. The Kier molecular flexibility index (Phi) is 8.26. The first-order valence-electron chi connectivity index (χ1n) is 10.2. The Labute approximate surface area is 185 Å². The summed E-state index contributed by atoms with van der Waals surface area (Å²) in [6.07, 6.45) is 2.95. The fourth-order valence-corrected chi connectivity index (χ4v) is 3.81. The van der Waals surface area contributed by atoms with Crippen LogP contribution in [0.15, 0.2) is 48.5 Å². The first-order chi connectivity index (χ1) is 14.9. The maximum Gasteiger partial charge on any atom is 0.418 e. The molecule has 1 N–H and O–H groups in total. The van der Waals surface area contributed by atoms with Crippen LogP contribution in [0.1, 0.15) is 25.7 Å². The molecule has 0 radical (unpaired) electrons. The van der Waals surface area contributed by atoms with E-state index in [1.165, 1.54) is 17.0 Å². The largest absolute Gasteiger partial charge is 0.480 e. The molecule has 0 aliphatic heterocycles. The van der Waals surface area contributed by atoms with Crippen molar-refractivity contribution < 1.29 is 28.6 Å². The van der Waals surface area contributed by atoms with E-state index < -0.39 is 17.9 Å². The fourth-order valence-electron chi connectivity index (χ4n) is 3.69. The number of hydrogen-bond donors (Lipinski definition) is 1. The molecule has 0 bridgehead atoms. The first-order valence-corrected chi connectivity index (χ1v) is 10.6. The summed E-state index contributed by atoms with van der Waals surface area (Å²) in [6.45, 7) is 0.418. The molecule has 8 heteroatoms. The lowest BCUT2D eigenvalue weighted by Crippen LogP contribution is -2.30. The van der Waals surface area contributed by atoms with Crippen LogP contribution in [0.25, 0.3) is 0 Å². The van der Waals surface area contributed by atoms with Crippen LogP contribution in [-0.4, -0.2) is 37.0 Å². The molecule has 2 aromatic carbocycles. The summed E-state index contributed by atoms with van der Waals surface area (Å²) in [7, 11) is 0. The third-order valence-electron chi connectivity index (χ3n) is 5.35. The fraction of sp³-hybridized carbons (Fsp3) is 0.391. The average Bonchev–Trinajstić information content (AvgIpc) is 2.76. The maximum atomic E-state index is 14.0. The van der Waals surface area contributed by atoms with E-state index in [-0.39, 0.29) is 24.2 Å². The zero-order valence-electron chi connectivity index (χ0n) is 17.0. The van der Waals surface area contributed by atoms with Gasteiger partial charge in [0.1, 0.15) is 12.4 Å². The molecule has 1 aliphatic carbocycles. The Morgan fingerprint density at radius 1 is 1.00 bits per heavy atom. The number of para-hydroxylation sites is 1. The molecule has 0 heterocycles. The summed E-state index contributed by atoms with van der Waals surface area (Å²) in [5.74, 6) is -1.04. The molecule has 6 nitrogen and oxygen atoms in total. The van der Waals surface area contributed by atoms with Crippen LogP contribution in [0.4, 0.5) is 20.6 Å². The molecule has 1 aliphatic rings. The molecule has 0 unspecified atom stereocenters. The van der Waals surface area contributed by atoms with Gasteiger partial charge in [0.05, 0.1) is 29.6 Å². The van der Waals surface area contributed by atoms with Gasteiger partial charge in [0.2, 0.25) is 0 Å². The number of carboxylic acids is 1. The van der Waals surface area contributed by atoms with Crippen molar-refractivity contribution in [3.8, 4) is 0 Å². The highest BCUT2D eigenvalue weighted by atomic mass is 35.5. The average molecular weight is 450 g/mol. The Bertz CT molecular complexity index is 887. The minimum Gasteiger partial charge on any atom is -0.480 e. The van der Waals surface area contributed by atoms with Gasteiger partial charge < -0.3 is 14.6 Å². The summed E-state index contributed by atoms with van der Waals surface area (Å²) in [5.41, 5.74) is 0.894. The van der Waals surface area contributed by atoms with Gasteiger partial charge in [-0.15, -0.1) is 0 Å². The lowest BCUT2D eigenvalue weighted by molar-refractivity contribution is -0.142. The van der Waals surface area contributed by atoms with Crippen LogP contribution in [0, 0.1) is 17.7 Å². The van der Waals surface area contributed by atoms with Gasteiger partial charge in [-0.3, -0.25) is 0 Å². The van der Waals surface area contributed by atoms with E-state index in [4.69, 9.17) is 26.2 Å². The van der Waals surface area contributed by atoms with Gasteiger partial charge >= 0.3 is 12.1 Å². The summed E-state index contributed by atoms with van der Waals surface area (Å²) in [6, 6.07) is 13.1. The van der Waals surface area contributed by atoms with Crippen LogP contribution >= 0.6 is 11.6 Å². The Balaban J connectivity index is 1.58. The number of nitrogens with zero attached hydrogens (tertiary/aromatic N) is 1. The van der Waals surface area contributed by atoms with Crippen LogP contribution in [0.2, 0.25) is 5.02 Å². The Hall–Kier alpha value is -2.64. The van der Waals surface area contributed by atoms with E-state index in [2.05, 4.69) is 0 Å². The van der Waals surface area contributed by atoms with Crippen LogP contribution in [0.5, 0.6) is 0 Å². The smallest absolute Gasteiger partial charge is 0.418 e. The molecule has 0 atom stereocenters. The molecule has 0 spiro atoms. The number of anilines is 2. The predicted molar refractivity (Wildman–Crippen MR) is 115 cm³/mol. The normalized spacial score (nSPS) is 18.4. The van der Waals surface area contributed by atoms with E-state index >= 15 is 0 Å². The van der Waals surface area contributed by atoms with Crippen molar-refractivity contribution in [1.82, 2.24) is 0 Å². The van der Waals surface area contributed by atoms with Crippen molar-refractivity contribution >= 4 is 35.0 Å². The molecule has 2 aromatic rings. The van der Waals surface area contributed by atoms with E-state index in [1.54, 1.807) is 30.3 Å². The minimum atomic E-state index is -0.968. The number of rotatable bonds is 8. The molecule has 0 aromatic heterocycles. The SMILES string of the molecule is O=C(O)COCC1CCC(COC(=O)N(c2ccccc2)c2ccc(Cl)c(F)c2)CC1. The number of hydrogen-bond acceptors (Lipinski definition) is 4. The number of carboxylic acid groups (broad SMARTS) is 1. The molecule has 0 saturated heterocycles. The second-order valence-corrected chi connectivity index (χ2v) is 8.05. The number of halogens is 2. The molecule has 166 valence electrons. The van der Waals surface area contributed by atoms with E-state index in [9.17, 15) is 14.0 Å². The van der Waals surface area contributed by atoms with Gasteiger partial charge in [-0.25, -0.2) is 18.9 Å². The van der Waals surface area contributed by atoms with Crippen LogP contribution in [-0.2, 0) is 14.3 Å². The van der Waals surface area contributed by atoms with Crippen molar-refractivity contribution in [2.24, 2.45) is 11.8 Å². The number of carbonyl (C=O) groups excluding carboxylic acids is 1. The number of carbonyl (C=O) groups is 2. The first kappa shape index (κ1) is 23.0. The lowest BCUT2D eigenvalue weighted by Gasteiger charge is -2.29. The summed E-state index contributed by atoms with van der Waals surface area (Å²) >= 11 is 5.78. The maximum absolute atomic E-state index is 14.0. The monoisotopic (exact) mass is 449 g/mol. The third kappa shape index (κ3) is 6.67. The van der Waals surface area contributed by atoms with E-state index in [1.807, 2.05) is 6.07 Å². The van der Waals surface area contributed by atoms with E-state index in [0.29, 0.717) is 23.9 Å². The highest BCUT2D eigenvalue weighted by molar-refractivity contribution is 6.30. The van der Waals surface area contributed by atoms with Crippen LogP contribution in [0.3, 0.4) is 0 Å². The van der Waals surface area contributed by atoms with Crippen LogP contribution < -0.4 is 4.90 Å². The predicted octanol–water partition coefficient (Wildman–Crippen LogP) is 5.66. The number of benzene rings is 2. The summed E-state index contributed by atoms with van der Waals surface area (Å²) < 4.78 is 24.8. The zero-order valence-corrected chi connectivity index (χ0v) is 17.8. The van der Waals surface area contributed by atoms with Gasteiger partial charge in [0, 0.05) is 0 Å². The zero-order chi connectivity index (χ0) is 22.2. The molecule has 3 rings (SSSR count). The minimum absolute atomic E-state index is 0.0192. The van der Waals surface area contributed by atoms with Crippen molar-refractivity contribution in [3.63, 3.8) is 0 Å². The summed E-state index contributed by atoms with van der Waals surface area (Å²) in [4.78, 5) is 24.8. The molecule has 1 fully saturated rings. The number of aliphatic carboxylic acids is 1. The number of amides is 1. The molecule has 31 heavy (non-hydrogen) atoms. The highest BCUT2D eigenvalue weighted by Crippen LogP contribution is 2.31. The second kappa shape index (κ2) is 11.1. The van der Waals surface area contributed by atoms with Crippen molar-refractivity contribution in [2.45, 2.75) is 25.7 Å². The second-order valence-electron chi connectivity index (χ2n) is 7.64. The quantitative estimate of drug-likeness (QED) is 0.562. The molecule has 1 amide bonds. The van der Waals surface area contributed by atoms with Gasteiger partial charge in [-0.05, 0) is 67.9 Å². The van der Waals surface area contributed by atoms with Gasteiger partial charge in [0.25, 0.3) is 0 Å². The van der Waals surface area contributed by atoms with Crippen molar-refractivity contribution in [3.05, 3.63) is 59.4 Å². The van der Waals surface area contributed by atoms with Gasteiger partial charge in [-0.1, -0.05) is 29.8 Å². The molecular formula is C23H25ClFNO5. The molecule has 1 saturated carbocycles. The highest BCUT2D eigenvalue weighted by Gasteiger charge is 2.25. The van der Waals surface area contributed by atoms with Gasteiger partial charge in [-0.2, -0.15) is 0 Å². The van der Waals surface area contributed by atoms with Gasteiger partial charge in [0.15, 0.2) is 0 Å². The molecular weight excluding hydrogens is 425 g/mol.